The van der Waals surface area contributed by atoms with Gasteiger partial charge in [-0.1, -0.05) is 23.7 Å². The first kappa shape index (κ1) is 16.6. The van der Waals surface area contributed by atoms with Crippen molar-refractivity contribution in [3.63, 3.8) is 0 Å². The highest BCUT2D eigenvalue weighted by Gasteiger charge is 2.12. The second-order valence-electron chi connectivity index (χ2n) is 4.78. The molecule has 0 radical (unpaired) electrons. The van der Waals surface area contributed by atoms with Crippen LogP contribution in [0.4, 0.5) is 4.39 Å². The lowest BCUT2D eigenvalue weighted by Crippen LogP contribution is -2.07. The zero-order valence-corrected chi connectivity index (χ0v) is 13.4. The summed E-state index contributed by atoms with van der Waals surface area (Å²) in [4.78, 5) is 0. The smallest absolute Gasteiger partial charge is 0.180 e. The molecule has 0 amide bonds. The Morgan fingerprint density at radius 3 is 2.45 bits per heavy atom. The molecule has 2 aromatic rings. The molecule has 22 heavy (non-hydrogen) atoms. The highest BCUT2D eigenvalue weighted by atomic mass is 35.5. The van der Waals surface area contributed by atoms with Gasteiger partial charge in [-0.15, -0.1) is 0 Å². The summed E-state index contributed by atoms with van der Waals surface area (Å²) >= 11 is 6.30. The lowest BCUT2D eigenvalue weighted by molar-refractivity contribution is 0.269. The van der Waals surface area contributed by atoms with E-state index >= 15 is 0 Å². The molecule has 0 atom stereocenters. The van der Waals surface area contributed by atoms with Crippen LogP contribution in [-0.4, -0.2) is 13.7 Å². The van der Waals surface area contributed by atoms with Gasteiger partial charge in [0, 0.05) is 6.54 Å². The highest BCUT2D eigenvalue weighted by molar-refractivity contribution is 6.32. The van der Waals surface area contributed by atoms with E-state index in [-0.39, 0.29) is 5.82 Å². The SMILES string of the molecule is CCOc1cc(CNC)cc(Cl)c1OCc1ccc(F)cc1. The first-order valence-electron chi connectivity index (χ1n) is 7.11. The van der Waals surface area contributed by atoms with E-state index in [0.717, 1.165) is 11.1 Å². The Bertz CT molecular complexity index is 617. The van der Waals surface area contributed by atoms with Crippen molar-refractivity contribution >= 4 is 11.6 Å². The Kier molecular flexibility index (Phi) is 6.04. The number of halogens is 2. The maximum atomic E-state index is 12.9. The maximum absolute atomic E-state index is 12.9. The standard InChI is InChI=1S/C17H19ClFNO2/c1-3-21-16-9-13(10-20-2)8-15(18)17(16)22-11-12-4-6-14(19)7-5-12/h4-9,20H,3,10-11H2,1-2H3. The molecule has 0 aliphatic heterocycles. The minimum Gasteiger partial charge on any atom is -0.490 e. The average molecular weight is 324 g/mol. The Morgan fingerprint density at radius 2 is 1.82 bits per heavy atom. The summed E-state index contributed by atoms with van der Waals surface area (Å²) in [5.41, 5.74) is 1.88. The molecule has 0 bridgehead atoms. The molecule has 0 aliphatic rings. The number of hydrogen-bond acceptors (Lipinski definition) is 3. The topological polar surface area (TPSA) is 30.5 Å². The average Bonchev–Trinajstić information content (AvgIpc) is 2.49. The van der Waals surface area contributed by atoms with E-state index in [9.17, 15) is 4.39 Å². The van der Waals surface area contributed by atoms with E-state index in [0.29, 0.717) is 36.3 Å². The molecular formula is C17H19ClFNO2. The van der Waals surface area contributed by atoms with Crippen molar-refractivity contribution in [2.45, 2.75) is 20.1 Å². The molecule has 0 fully saturated rings. The summed E-state index contributed by atoms with van der Waals surface area (Å²) in [6, 6.07) is 9.92. The van der Waals surface area contributed by atoms with Crippen LogP contribution in [0.2, 0.25) is 5.02 Å². The van der Waals surface area contributed by atoms with E-state index < -0.39 is 0 Å². The van der Waals surface area contributed by atoms with Crippen molar-refractivity contribution in [2.75, 3.05) is 13.7 Å². The van der Waals surface area contributed by atoms with Crippen LogP contribution < -0.4 is 14.8 Å². The first-order valence-corrected chi connectivity index (χ1v) is 7.49. The van der Waals surface area contributed by atoms with E-state index in [4.69, 9.17) is 21.1 Å². The Labute approximate surface area is 135 Å². The molecule has 0 aliphatic carbocycles. The van der Waals surface area contributed by atoms with Gasteiger partial charge in [-0.25, -0.2) is 4.39 Å². The second-order valence-corrected chi connectivity index (χ2v) is 5.19. The van der Waals surface area contributed by atoms with Crippen LogP contribution >= 0.6 is 11.6 Å². The first-order chi connectivity index (χ1) is 10.6. The molecule has 0 saturated carbocycles. The summed E-state index contributed by atoms with van der Waals surface area (Å²) in [5.74, 6) is 0.850. The highest BCUT2D eigenvalue weighted by Crippen LogP contribution is 2.37. The Morgan fingerprint density at radius 1 is 1.09 bits per heavy atom. The third-order valence-electron chi connectivity index (χ3n) is 3.05. The Balaban J connectivity index is 2.19. The summed E-state index contributed by atoms with van der Waals surface area (Å²) in [7, 11) is 1.87. The van der Waals surface area contributed by atoms with Gasteiger partial charge in [0.2, 0.25) is 0 Å². The fourth-order valence-electron chi connectivity index (χ4n) is 2.07. The van der Waals surface area contributed by atoms with Gasteiger partial charge in [-0.2, -0.15) is 0 Å². The third-order valence-corrected chi connectivity index (χ3v) is 3.33. The molecular weight excluding hydrogens is 305 g/mol. The fourth-order valence-corrected chi connectivity index (χ4v) is 2.35. The minimum atomic E-state index is -0.270. The van der Waals surface area contributed by atoms with Gasteiger partial charge in [-0.05, 0) is 49.4 Å². The zero-order valence-electron chi connectivity index (χ0n) is 12.7. The number of benzene rings is 2. The number of hydrogen-bond donors (Lipinski definition) is 1. The third kappa shape index (κ3) is 4.36. The van der Waals surface area contributed by atoms with Crippen LogP contribution in [0.1, 0.15) is 18.1 Å². The van der Waals surface area contributed by atoms with E-state index in [1.54, 1.807) is 12.1 Å². The van der Waals surface area contributed by atoms with Crippen LogP contribution in [0, 0.1) is 5.82 Å². The van der Waals surface area contributed by atoms with Crippen molar-refractivity contribution in [3.8, 4) is 11.5 Å². The molecule has 1 N–H and O–H groups in total. The van der Waals surface area contributed by atoms with Gasteiger partial charge in [0.05, 0.1) is 11.6 Å². The normalized spacial score (nSPS) is 10.5. The van der Waals surface area contributed by atoms with Gasteiger partial charge in [0.1, 0.15) is 12.4 Å². The molecule has 0 saturated heterocycles. The number of rotatable bonds is 7. The fraction of sp³-hybridized carbons (Fsp3) is 0.294. The van der Waals surface area contributed by atoms with E-state index in [1.165, 1.54) is 12.1 Å². The molecule has 5 heteroatoms. The quantitative estimate of drug-likeness (QED) is 0.829. The predicted molar refractivity (Wildman–Crippen MR) is 86.1 cm³/mol. The molecule has 2 rings (SSSR count). The van der Waals surface area contributed by atoms with E-state index in [2.05, 4.69) is 5.32 Å². The van der Waals surface area contributed by atoms with Crippen molar-refractivity contribution in [1.82, 2.24) is 5.32 Å². The van der Waals surface area contributed by atoms with Crippen LogP contribution in [0.15, 0.2) is 36.4 Å². The molecule has 2 aromatic carbocycles. The van der Waals surface area contributed by atoms with Crippen LogP contribution in [0.5, 0.6) is 11.5 Å². The van der Waals surface area contributed by atoms with Crippen molar-refractivity contribution in [3.05, 3.63) is 58.4 Å². The van der Waals surface area contributed by atoms with Crippen molar-refractivity contribution in [2.24, 2.45) is 0 Å². The van der Waals surface area contributed by atoms with Crippen LogP contribution in [-0.2, 0) is 13.2 Å². The summed E-state index contributed by atoms with van der Waals surface area (Å²) in [6.07, 6.45) is 0. The number of nitrogens with one attached hydrogen (secondary N) is 1. The van der Waals surface area contributed by atoms with Crippen LogP contribution in [0.3, 0.4) is 0 Å². The van der Waals surface area contributed by atoms with E-state index in [1.807, 2.05) is 26.1 Å². The molecule has 0 spiro atoms. The largest absolute Gasteiger partial charge is 0.490 e. The lowest BCUT2D eigenvalue weighted by Gasteiger charge is -2.15. The maximum Gasteiger partial charge on any atom is 0.180 e. The minimum absolute atomic E-state index is 0.270. The Hall–Kier alpha value is -1.78. The second kappa shape index (κ2) is 8.01. The molecule has 0 heterocycles. The van der Waals surface area contributed by atoms with Crippen molar-refractivity contribution < 1.29 is 13.9 Å². The van der Waals surface area contributed by atoms with Gasteiger partial charge in [-0.3, -0.25) is 0 Å². The van der Waals surface area contributed by atoms with Gasteiger partial charge in [0.25, 0.3) is 0 Å². The summed E-state index contributed by atoms with van der Waals surface area (Å²) in [5, 5.41) is 3.57. The van der Waals surface area contributed by atoms with Gasteiger partial charge >= 0.3 is 0 Å². The zero-order chi connectivity index (χ0) is 15.9. The molecule has 0 aromatic heterocycles. The summed E-state index contributed by atoms with van der Waals surface area (Å²) in [6.45, 7) is 3.41. The molecule has 3 nitrogen and oxygen atoms in total. The predicted octanol–water partition coefficient (Wildman–Crippen LogP) is 4.18. The van der Waals surface area contributed by atoms with Gasteiger partial charge in [0.15, 0.2) is 11.5 Å². The summed E-state index contributed by atoms with van der Waals surface area (Å²) < 4.78 is 24.3. The number of ether oxygens (including phenoxy) is 2. The van der Waals surface area contributed by atoms with Crippen molar-refractivity contribution in [1.29, 1.82) is 0 Å². The monoisotopic (exact) mass is 323 g/mol. The molecule has 118 valence electrons. The van der Waals surface area contributed by atoms with Gasteiger partial charge < -0.3 is 14.8 Å². The van der Waals surface area contributed by atoms with Crippen LogP contribution in [0.25, 0.3) is 0 Å². The molecule has 0 unspecified atom stereocenters. The lowest BCUT2D eigenvalue weighted by atomic mass is 10.2.